The highest BCUT2D eigenvalue weighted by Gasteiger charge is 2.11. The van der Waals surface area contributed by atoms with E-state index in [0.717, 1.165) is 31.9 Å². The molecule has 0 bridgehead atoms. The zero-order valence-corrected chi connectivity index (χ0v) is 12.5. The highest BCUT2D eigenvalue weighted by atomic mass is 35.5. The lowest BCUT2D eigenvalue weighted by molar-refractivity contribution is 0.302. The second-order valence-electron chi connectivity index (χ2n) is 4.18. The van der Waals surface area contributed by atoms with Crippen LogP contribution in [-0.4, -0.2) is 40.9 Å². The Labute approximate surface area is 115 Å². The van der Waals surface area contributed by atoms with Crippen molar-refractivity contribution in [1.29, 1.82) is 0 Å². The summed E-state index contributed by atoms with van der Waals surface area (Å²) < 4.78 is 14.9. The summed E-state index contributed by atoms with van der Waals surface area (Å²) in [6.07, 6.45) is 0. The average molecular weight is 279 g/mol. The van der Waals surface area contributed by atoms with Gasteiger partial charge in [0.05, 0.1) is 5.69 Å². The number of nitrogens with zero attached hydrogens (tertiary/aromatic N) is 3. The minimum Gasteiger partial charge on any atom is -0.311 e. The van der Waals surface area contributed by atoms with Crippen molar-refractivity contribution in [3.05, 3.63) is 17.2 Å². The number of aromatic nitrogens is 2. The van der Waals surface area contributed by atoms with Crippen molar-refractivity contribution in [2.75, 3.05) is 26.2 Å². The van der Waals surface area contributed by atoms with E-state index in [1.165, 1.54) is 4.68 Å². The van der Waals surface area contributed by atoms with Gasteiger partial charge in [0.15, 0.2) is 0 Å². The van der Waals surface area contributed by atoms with E-state index in [1.54, 1.807) is 7.05 Å². The Morgan fingerprint density at radius 1 is 1.33 bits per heavy atom. The van der Waals surface area contributed by atoms with Crippen LogP contribution < -0.4 is 5.32 Å². The molecule has 1 aromatic heterocycles. The second-order valence-corrected chi connectivity index (χ2v) is 4.18. The van der Waals surface area contributed by atoms with Crippen LogP contribution in [0.25, 0.3) is 0 Å². The lowest BCUT2D eigenvalue weighted by Crippen LogP contribution is -2.31. The SMILES string of the molecule is CCN(CC)CCNCc1c(C)nn(C)c1F.Cl. The summed E-state index contributed by atoms with van der Waals surface area (Å²) in [4.78, 5) is 2.33. The molecule has 6 heteroatoms. The van der Waals surface area contributed by atoms with Crippen LogP contribution in [0.4, 0.5) is 4.39 Å². The third-order valence-electron chi connectivity index (χ3n) is 3.07. The molecule has 0 saturated heterocycles. The van der Waals surface area contributed by atoms with Crippen LogP contribution >= 0.6 is 12.4 Å². The van der Waals surface area contributed by atoms with Gasteiger partial charge in [0.25, 0.3) is 0 Å². The Morgan fingerprint density at radius 2 is 1.94 bits per heavy atom. The third-order valence-corrected chi connectivity index (χ3v) is 3.07. The van der Waals surface area contributed by atoms with Gasteiger partial charge in [-0.3, -0.25) is 0 Å². The Kier molecular flexibility index (Phi) is 8.15. The first-order valence-electron chi connectivity index (χ1n) is 6.21. The fraction of sp³-hybridized carbons (Fsp3) is 0.750. The van der Waals surface area contributed by atoms with Crippen molar-refractivity contribution in [3.63, 3.8) is 0 Å². The Hall–Kier alpha value is -0.650. The first-order chi connectivity index (χ1) is 8.10. The molecule has 0 radical (unpaired) electrons. The Bertz CT molecular complexity index is 350. The van der Waals surface area contributed by atoms with Gasteiger partial charge in [-0.25, -0.2) is 4.68 Å². The third kappa shape index (κ3) is 4.55. The molecule has 0 atom stereocenters. The van der Waals surface area contributed by atoms with Crippen LogP contribution in [0.1, 0.15) is 25.1 Å². The van der Waals surface area contributed by atoms with E-state index in [9.17, 15) is 4.39 Å². The molecule has 1 rings (SSSR count). The first-order valence-corrected chi connectivity index (χ1v) is 6.21. The molecule has 106 valence electrons. The van der Waals surface area contributed by atoms with Gasteiger partial charge in [0.1, 0.15) is 0 Å². The van der Waals surface area contributed by atoms with Crippen molar-refractivity contribution in [3.8, 4) is 0 Å². The number of halogens is 2. The molecule has 0 aromatic carbocycles. The molecule has 0 aliphatic carbocycles. The summed E-state index contributed by atoms with van der Waals surface area (Å²) in [7, 11) is 1.63. The minimum absolute atomic E-state index is 0. The van der Waals surface area contributed by atoms with E-state index in [4.69, 9.17) is 0 Å². The number of nitrogens with one attached hydrogen (secondary N) is 1. The van der Waals surface area contributed by atoms with Gasteiger partial charge < -0.3 is 10.2 Å². The molecule has 0 fully saturated rings. The van der Waals surface area contributed by atoms with Gasteiger partial charge in [0, 0.05) is 32.2 Å². The maximum absolute atomic E-state index is 13.6. The maximum atomic E-state index is 13.6. The van der Waals surface area contributed by atoms with Crippen molar-refractivity contribution < 1.29 is 4.39 Å². The predicted octanol–water partition coefficient (Wildman–Crippen LogP) is 1.72. The van der Waals surface area contributed by atoms with Crippen LogP contribution in [-0.2, 0) is 13.6 Å². The van der Waals surface area contributed by atoms with E-state index in [-0.39, 0.29) is 18.4 Å². The molecular weight excluding hydrogens is 255 g/mol. The number of aryl methyl sites for hydroxylation is 2. The predicted molar refractivity (Wildman–Crippen MR) is 74.6 cm³/mol. The maximum Gasteiger partial charge on any atom is 0.215 e. The van der Waals surface area contributed by atoms with E-state index in [1.807, 2.05) is 6.92 Å². The van der Waals surface area contributed by atoms with Crippen molar-refractivity contribution in [2.24, 2.45) is 7.05 Å². The highest BCUT2D eigenvalue weighted by Crippen LogP contribution is 2.10. The van der Waals surface area contributed by atoms with Gasteiger partial charge in [-0.1, -0.05) is 13.8 Å². The summed E-state index contributed by atoms with van der Waals surface area (Å²) in [6, 6.07) is 0. The van der Waals surface area contributed by atoms with E-state index >= 15 is 0 Å². The lowest BCUT2D eigenvalue weighted by Gasteiger charge is -2.17. The smallest absolute Gasteiger partial charge is 0.215 e. The van der Waals surface area contributed by atoms with Crippen LogP contribution in [0.3, 0.4) is 0 Å². The van der Waals surface area contributed by atoms with E-state index in [0.29, 0.717) is 12.1 Å². The first kappa shape index (κ1) is 17.4. The van der Waals surface area contributed by atoms with Gasteiger partial charge in [-0.05, 0) is 20.0 Å². The molecule has 1 aromatic rings. The molecular formula is C12H24ClFN4. The molecule has 0 aliphatic rings. The van der Waals surface area contributed by atoms with Crippen LogP contribution in [0.5, 0.6) is 0 Å². The van der Waals surface area contributed by atoms with Gasteiger partial charge in [0.2, 0.25) is 5.95 Å². The molecule has 0 spiro atoms. The fourth-order valence-electron chi connectivity index (χ4n) is 1.87. The quantitative estimate of drug-likeness (QED) is 0.771. The summed E-state index contributed by atoms with van der Waals surface area (Å²) in [5, 5.41) is 7.31. The molecule has 1 heterocycles. The zero-order valence-electron chi connectivity index (χ0n) is 11.7. The molecule has 4 nitrogen and oxygen atoms in total. The minimum atomic E-state index is -0.238. The lowest BCUT2D eigenvalue weighted by atomic mass is 10.2. The summed E-state index contributed by atoms with van der Waals surface area (Å²) in [6.45, 7) is 10.7. The molecule has 18 heavy (non-hydrogen) atoms. The summed E-state index contributed by atoms with van der Waals surface area (Å²) in [5.74, 6) is -0.238. The summed E-state index contributed by atoms with van der Waals surface area (Å²) >= 11 is 0. The molecule has 0 amide bonds. The molecule has 0 unspecified atom stereocenters. The highest BCUT2D eigenvalue weighted by molar-refractivity contribution is 5.85. The summed E-state index contributed by atoms with van der Waals surface area (Å²) in [5.41, 5.74) is 1.44. The van der Waals surface area contributed by atoms with Crippen molar-refractivity contribution in [1.82, 2.24) is 20.0 Å². The standard InChI is InChI=1S/C12H23FN4.ClH/c1-5-17(6-2)8-7-14-9-11-10(3)15-16(4)12(11)13;/h14H,5-9H2,1-4H3;1H. The molecule has 1 N–H and O–H groups in total. The van der Waals surface area contributed by atoms with Crippen LogP contribution in [0, 0.1) is 12.9 Å². The monoisotopic (exact) mass is 278 g/mol. The number of hydrogen-bond acceptors (Lipinski definition) is 3. The molecule has 0 aliphatic heterocycles. The van der Waals surface area contributed by atoms with Crippen LogP contribution in [0.2, 0.25) is 0 Å². The van der Waals surface area contributed by atoms with Crippen LogP contribution in [0.15, 0.2) is 0 Å². The second kappa shape index (κ2) is 8.45. The Morgan fingerprint density at radius 3 is 2.39 bits per heavy atom. The van der Waals surface area contributed by atoms with Crippen molar-refractivity contribution in [2.45, 2.75) is 27.3 Å². The van der Waals surface area contributed by atoms with Crippen molar-refractivity contribution >= 4 is 12.4 Å². The van der Waals surface area contributed by atoms with Gasteiger partial charge >= 0.3 is 0 Å². The molecule has 0 saturated carbocycles. The number of hydrogen-bond donors (Lipinski definition) is 1. The topological polar surface area (TPSA) is 33.1 Å². The normalized spacial score (nSPS) is 10.8. The number of rotatable bonds is 7. The largest absolute Gasteiger partial charge is 0.311 e. The average Bonchev–Trinajstić information content (AvgIpc) is 2.55. The van der Waals surface area contributed by atoms with E-state index in [2.05, 4.69) is 29.2 Å². The van der Waals surface area contributed by atoms with E-state index < -0.39 is 0 Å². The van der Waals surface area contributed by atoms with Gasteiger partial charge in [-0.2, -0.15) is 9.49 Å². The fourth-order valence-corrected chi connectivity index (χ4v) is 1.87. The van der Waals surface area contributed by atoms with Gasteiger partial charge in [-0.15, -0.1) is 12.4 Å². The zero-order chi connectivity index (χ0) is 12.8. The Balaban J connectivity index is 0.00000289. The number of likely N-dealkylation sites (N-methyl/N-ethyl adjacent to an activating group) is 1.